The third kappa shape index (κ3) is 6.36. The predicted octanol–water partition coefficient (Wildman–Crippen LogP) is 3.37. The normalized spacial score (nSPS) is 21.2. The summed E-state index contributed by atoms with van der Waals surface area (Å²) in [4.78, 5) is 17.5. The number of piperazine rings is 1. The van der Waals surface area contributed by atoms with Crippen LogP contribution in [-0.2, 0) is 14.8 Å². The van der Waals surface area contributed by atoms with Crippen LogP contribution in [0.1, 0.15) is 19.3 Å². The number of piperidine rings is 1. The number of halogens is 1. The average molecular weight is 566 g/mol. The summed E-state index contributed by atoms with van der Waals surface area (Å²) >= 11 is 6.31. The van der Waals surface area contributed by atoms with Crippen LogP contribution in [0.5, 0.6) is 17.2 Å². The third-order valence-corrected chi connectivity index (χ3v) is 9.51. The number of sulfonamides is 1. The van der Waals surface area contributed by atoms with Gasteiger partial charge in [0.25, 0.3) is 0 Å². The number of hydrogen-bond acceptors (Lipinski definition) is 7. The molecule has 208 valence electrons. The number of amides is 1. The third-order valence-electron chi connectivity index (χ3n) is 7.35. The van der Waals surface area contributed by atoms with E-state index in [9.17, 15) is 13.2 Å². The van der Waals surface area contributed by atoms with Crippen molar-refractivity contribution in [3.63, 3.8) is 0 Å². The molecule has 0 radical (unpaired) electrons. The molecular weight excluding hydrogens is 530 g/mol. The van der Waals surface area contributed by atoms with E-state index in [-0.39, 0.29) is 41.1 Å². The molecule has 2 aliphatic heterocycles. The number of benzene rings is 2. The van der Waals surface area contributed by atoms with Gasteiger partial charge in [-0.25, -0.2) is 8.42 Å². The summed E-state index contributed by atoms with van der Waals surface area (Å²) in [5, 5.41) is 0.174. The lowest BCUT2D eigenvalue weighted by Crippen LogP contribution is -2.53. The van der Waals surface area contributed by atoms with Gasteiger partial charge in [-0.3, -0.25) is 4.79 Å². The molecule has 4 rings (SSSR count). The Labute approximate surface area is 230 Å². The van der Waals surface area contributed by atoms with Gasteiger partial charge in [-0.2, -0.15) is 4.31 Å². The smallest absolute Gasteiger partial charge is 0.246 e. The fraction of sp³-hybridized carbons (Fsp3) is 0.519. The zero-order valence-corrected chi connectivity index (χ0v) is 23.8. The zero-order chi connectivity index (χ0) is 27.3. The van der Waals surface area contributed by atoms with Crippen molar-refractivity contribution in [2.75, 3.05) is 67.1 Å². The summed E-state index contributed by atoms with van der Waals surface area (Å²) in [5.41, 5.74) is -0.689. The highest BCUT2D eigenvalue weighted by Gasteiger charge is 2.44. The number of rotatable bonds is 9. The Balaban J connectivity index is 1.62. The Kier molecular flexibility index (Phi) is 9.07. The number of hydrogen-bond donors (Lipinski definition) is 0. The van der Waals surface area contributed by atoms with Gasteiger partial charge < -0.3 is 24.0 Å². The second kappa shape index (κ2) is 12.1. The topological polar surface area (TPSA) is 88.6 Å². The van der Waals surface area contributed by atoms with Crippen molar-refractivity contribution in [3.8, 4) is 17.2 Å². The number of ether oxygens (including phenoxy) is 3. The summed E-state index contributed by atoms with van der Waals surface area (Å²) in [7, 11) is 0.913. The number of nitrogens with zero attached hydrogens (tertiary/aromatic N) is 3. The van der Waals surface area contributed by atoms with Gasteiger partial charge in [-0.1, -0.05) is 29.8 Å². The molecule has 2 aromatic carbocycles. The van der Waals surface area contributed by atoms with Crippen molar-refractivity contribution in [2.24, 2.45) is 5.41 Å². The van der Waals surface area contributed by atoms with Crippen LogP contribution >= 0.6 is 11.6 Å². The lowest BCUT2D eigenvalue weighted by Gasteiger charge is -2.43. The Hall–Kier alpha value is -2.53. The second-order valence-corrected chi connectivity index (χ2v) is 12.4. The Morgan fingerprint density at radius 2 is 1.68 bits per heavy atom. The molecule has 9 nitrogen and oxygen atoms in total. The minimum absolute atomic E-state index is 0.0269. The summed E-state index contributed by atoms with van der Waals surface area (Å²) < 4.78 is 46.0. The molecule has 2 saturated heterocycles. The molecular formula is C27H36ClN3O6S. The maximum absolute atomic E-state index is 13.9. The fourth-order valence-corrected chi connectivity index (χ4v) is 7.16. The lowest BCUT2D eigenvalue weighted by atomic mass is 9.78. The molecule has 1 atom stereocenters. The SMILES string of the molecule is COc1cc(OC)c(S(=O)(=O)N2CCC[C@@](COc3ccccc3)(CC(=O)N3CCN(C)CC3)C2)cc1Cl. The molecule has 11 heteroatoms. The molecule has 2 aromatic rings. The van der Waals surface area contributed by atoms with Gasteiger partial charge in [-0.05, 0) is 38.1 Å². The second-order valence-electron chi connectivity index (χ2n) is 10.0. The Bertz CT molecular complexity index is 1220. The highest BCUT2D eigenvalue weighted by atomic mass is 35.5. The van der Waals surface area contributed by atoms with Gasteiger partial charge in [0.05, 0.1) is 25.8 Å². The molecule has 0 aromatic heterocycles. The van der Waals surface area contributed by atoms with E-state index in [1.54, 1.807) is 0 Å². The molecule has 0 aliphatic carbocycles. The van der Waals surface area contributed by atoms with E-state index in [4.69, 9.17) is 25.8 Å². The number of methoxy groups -OCH3 is 2. The van der Waals surface area contributed by atoms with Crippen molar-refractivity contribution in [1.29, 1.82) is 0 Å². The van der Waals surface area contributed by atoms with Crippen LogP contribution in [-0.4, -0.2) is 95.6 Å². The Morgan fingerprint density at radius 1 is 1.00 bits per heavy atom. The number of likely N-dealkylation sites (N-methyl/N-ethyl adjacent to an activating group) is 1. The molecule has 0 spiro atoms. The van der Waals surface area contributed by atoms with E-state index in [0.29, 0.717) is 44.0 Å². The molecule has 2 aliphatic rings. The van der Waals surface area contributed by atoms with Crippen LogP contribution in [0.25, 0.3) is 0 Å². The molecule has 0 bridgehead atoms. The van der Waals surface area contributed by atoms with Crippen molar-refractivity contribution in [3.05, 3.63) is 47.5 Å². The first-order valence-electron chi connectivity index (χ1n) is 12.7. The molecule has 0 saturated carbocycles. The van der Waals surface area contributed by atoms with E-state index in [0.717, 1.165) is 13.1 Å². The lowest BCUT2D eigenvalue weighted by molar-refractivity contribution is -0.136. The molecule has 0 unspecified atom stereocenters. The first-order chi connectivity index (χ1) is 18.2. The summed E-state index contributed by atoms with van der Waals surface area (Å²) in [6.07, 6.45) is 1.47. The van der Waals surface area contributed by atoms with Crippen LogP contribution < -0.4 is 14.2 Å². The van der Waals surface area contributed by atoms with Crippen LogP contribution in [0.2, 0.25) is 5.02 Å². The van der Waals surface area contributed by atoms with Crippen LogP contribution in [0.4, 0.5) is 0 Å². The zero-order valence-electron chi connectivity index (χ0n) is 22.2. The summed E-state index contributed by atoms with van der Waals surface area (Å²) in [6, 6.07) is 12.2. The predicted molar refractivity (Wildman–Crippen MR) is 146 cm³/mol. The largest absolute Gasteiger partial charge is 0.495 e. The van der Waals surface area contributed by atoms with Gasteiger partial charge >= 0.3 is 0 Å². The first kappa shape index (κ1) is 28.5. The van der Waals surface area contributed by atoms with Crippen molar-refractivity contribution < 1.29 is 27.4 Å². The molecule has 2 heterocycles. The summed E-state index contributed by atoms with van der Waals surface area (Å²) in [5.74, 6) is 1.18. The fourth-order valence-electron chi connectivity index (χ4n) is 5.10. The minimum atomic E-state index is -3.99. The van der Waals surface area contributed by atoms with E-state index >= 15 is 0 Å². The van der Waals surface area contributed by atoms with Crippen LogP contribution in [0, 0.1) is 5.41 Å². The highest BCUT2D eigenvalue weighted by Crippen LogP contribution is 2.41. The molecule has 2 fully saturated rings. The van der Waals surface area contributed by atoms with Crippen molar-refractivity contribution >= 4 is 27.5 Å². The van der Waals surface area contributed by atoms with E-state index in [2.05, 4.69) is 4.90 Å². The molecule has 1 amide bonds. The molecule has 38 heavy (non-hydrogen) atoms. The van der Waals surface area contributed by atoms with Gasteiger partial charge in [-0.15, -0.1) is 0 Å². The standard InChI is InChI=1S/C27H36ClN3O6S/c1-29-12-14-30(15-13-29)26(32)18-27(20-37-21-8-5-4-6-9-21)10-7-11-31(19-27)38(33,34)25-16-22(28)23(35-2)17-24(25)36-3/h4-6,8-9,16-17H,7,10-15,18-20H2,1-3H3/t27-/m1/s1. The van der Waals surface area contributed by atoms with Crippen LogP contribution in [0.3, 0.4) is 0 Å². The maximum Gasteiger partial charge on any atom is 0.246 e. The van der Waals surface area contributed by atoms with Crippen LogP contribution in [0.15, 0.2) is 47.4 Å². The average Bonchev–Trinajstić information content (AvgIpc) is 2.93. The first-order valence-corrected chi connectivity index (χ1v) is 14.6. The summed E-state index contributed by atoms with van der Waals surface area (Å²) in [6.45, 7) is 3.65. The number of carbonyl (C=O) groups is 1. The van der Waals surface area contributed by atoms with Crippen molar-refractivity contribution in [2.45, 2.75) is 24.2 Å². The Morgan fingerprint density at radius 3 is 2.34 bits per heavy atom. The van der Waals surface area contributed by atoms with E-state index in [1.807, 2.05) is 42.3 Å². The van der Waals surface area contributed by atoms with Gasteiger partial charge in [0.15, 0.2) is 0 Å². The monoisotopic (exact) mass is 565 g/mol. The maximum atomic E-state index is 13.9. The highest BCUT2D eigenvalue weighted by molar-refractivity contribution is 7.89. The minimum Gasteiger partial charge on any atom is -0.495 e. The van der Waals surface area contributed by atoms with Crippen molar-refractivity contribution in [1.82, 2.24) is 14.1 Å². The van der Waals surface area contributed by atoms with E-state index < -0.39 is 15.4 Å². The van der Waals surface area contributed by atoms with Gasteiger partial charge in [0.2, 0.25) is 15.9 Å². The quantitative estimate of drug-likeness (QED) is 0.460. The van der Waals surface area contributed by atoms with E-state index in [1.165, 1.54) is 30.7 Å². The number of para-hydroxylation sites is 1. The van der Waals surface area contributed by atoms with Gasteiger partial charge in [0.1, 0.15) is 22.1 Å². The number of carbonyl (C=O) groups excluding carboxylic acids is 1. The molecule has 0 N–H and O–H groups in total. The van der Waals surface area contributed by atoms with Gasteiger partial charge in [0, 0.05) is 57.2 Å².